The van der Waals surface area contributed by atoms with Crippen LogP contribution in [0, 0.1) is 0 Å². The van der Waals surface area contributed by atoms with Crippen LogP contribution < -0.4 is 0 Å². The lowest BCUT2D eigenvalue weighted by Gasteiger charge is -1.95. The maximum atomic E-state index is 11.1. The third-order valence-corrected chi connectivity index (χ3v) is 2.50. The molecule has 70 valence electrons. The number of hydrogen-bond donors (Lipinski definition) is 0. The summed E-state index contributed by atoms with van der Waals surface area (Å²) in [6, 6.07) is 3.54. The van der Waals surface area contributed by atoms with Crippen molar-refractivity contribution >= 4 is 16.4 Å². The first kappa shape index (κ1) is 9.82. The van der Waals surface area contributed by atoms with Crippen molar-refractivity contribution in [1.82, 2.24) is 14.6 Å². The second-order valence-corrected chi connectivity index (χ2v) is 3.76. The standard InChI is InChI=1S/C7H7N3OS.H2O/c1-12(11)6-2-3-10-7(4-6)8-5-9-10;/h2-5H,1H3;1H2. The minimum atomic E-state index is -0.950. The molecule has 0 radical (unpaired) electrons. The van der Waals surface area contributed by atoms with E-state index in [1.165, 1.54) is 6.33 Å². The van der Waals surface area contributed by atoms with Gasteiger partial charge in [0.2, 0.25) is 0 Å². The van der Waals surface area contributed by atoms with Crippen molar-refractivity contribution in [2.45, 2.75) is 4.90 Å². The van der Waals surface area contributed by atoms with Crippen molar-refractivity contribution < 1.29 is 9.69 Å². The van der Waals surface area contributed by atoms with Gasteiger partial charge >= 0.3 is 0 Å². The molecular formula is C7H9N3O2S. The van der Waals surface area contributed by atoms with Crippen LogP contribution in [0.25, 0.3) is 5.65 Å². The molecule has 0 saturated heterocycles. The van der Waals surface area contributed by atoms with Gasteiger partial charge in [-0.2, -0.15) is 5.10 Å². The Balaban J connectivity index is 0.000000845. The molecule has 2 aromatic heterocycles. The van der Waals surface area contributed by atoms with E-state index in [1.54, 1.807) is 29.1 Å². The highest BCUT2D eigenvalue weighted by Gasteiger charge is 1.99. The quantitative estimate of drug-likeness (QED) is 0.629. The highest BCUT2D eigenvalue weighted by Crippen LogP contribution is 2.06. The highest BCUT2D eigenvalue weighted by molar-refractivity contribution is 7.84. The number of nitrogens with zero attached hydrogens (tertiary/aromatic N) is 3. The van der Waals surface area contributed by atoms with Crippen LogP contribution in [0.4, 0.5) is 0 Å². The van der Waals surface area contributed by atoms with Gasteiger partial charge < -0.3 is 5.48 Å². The summed E-state index contributed by atoms with van der Waals surface area (Å²) in [6.45, 7) is 0. The maximum absolute atomic E-state index is 11.1. The van der Waals surface area contributed by atoms with Gasteiger partial charge in [0.05, 0.1) is 0 Å². The zero-order chi connectivity index (χ0) is 8.55. The Morgan fingerprint density at radius 3 is 3.00 bits per heavy atom. The summed E-state index contributed by atoms with van der Waals surface area (Å²) in [7, 11) is -0.950. The minimum Gasteiger partial charge on any atom is -0.412 e. The molecule has 0 spiro atoms. The van der Waals surface area contributed by atoms with E-state index in [9.17, 15) is 4.21 Å². The van der Waals surface area contributed by atoms with Crippen LogP contribution in [0.2, 0.25) is 0 Å². The fourth-order valence-corrected chi connectivity index (χ4v) is 1.50. The van der Waals surface area contributed by atoms with Crippen molar-refractivity contribution in [3.8, 4) is 0 Å². The van der Waals surface area contributed by atoms with Gasteiger partial charge in [-0.15, -0.1) is 0 Å². The lowest BCUT2D eigenvalue weighted by Crippen LogP contribution is -1.91. The summed E-state index contributed by atoms with van der Waals surface area (Å²) in [4.78, 5) is 4.75. The number of pyridine rings is 1. The Hall–Kier alpha value is -1.27. The largest absolute Gasteiger partial charge is 0.412 e. The Morgan fingerprint density at radius 2 is 2.31 bits per heavy atom. The van der Waals surface area contributed by atoms with Crippen LogP contribution in [0.15, 0.2) is 29.6 Å². The fourth-order valence-electron chi connectivity index (χ4n) is 0.975. The monoisotopic (exact) mass is 199 g/mol. The molecule has 0 aliphatic heterocycles. The number of aromatic nitrogens is 3. The van der Waals surface area contributed by atoms with E-state index < -0.39 is 10.8 Å². The first-order valence-electron chi connectivity index (χ1n) is 3.40. The van der Waals surface area contributed by atoms with E-state index in [4.69, 9.17) is 0 Å². The molecule has 2 heterocycles. The van der Waals surface area contributed by atoms with Gasteiger partial charge in [0.25, 0.3) is 0 Å². The summed E-state index contributed by atoms with van der Waals surface area (Å²) in [5.74, 6) is 0. The predicted octanol–water partition coefficient (Wildman–Crippen LogP) is -0.358. The SMILES string of the molecule is CS(=O)c1ccn2ncnc2c1.O. The van der Waals surface area contributed by atoms with E-state index in [0.717, 1.165) is 10.5 Å². The molecule has 0 fully saturated rings. The minimum absolute atomic E-state index is 0. The average Bonchev–Trinajstić information content (AvgIpc) is 2.49. The van der Waals surface area contributed by atoms with Crippen molar-refractivity contribution in [2.75, 3.05) is 6.26 Å². The van der Waals surface area contributed by atoms with Gasteiger partial charge in [0.1, 0.15) is 6.33 Å². The number of fused-ring (bicyclic) bond motifs is 1. The molecule has 2 aromatic rings. The van der Waals surface area contributed by atoms with Gasteiger partial charge in [0, 0.05) is 28.1 Å². The van der Waals surface area contributed by atoms with E-state index in [1.807, 2.05) is 0 Å². The zero-order valence-electron chi connectivity index (χ0n) is 6.97. The van der Waals surface area contributed by atoms with Crippen molar-refractivity contribution in [1.29, 1.82) is 0 Å². The van der Waals surface area contributed by atoms with Crippen LogP contribution >= 0.6 is 0 Å². The number of rotatable bonds is 1. The lowest BCUT2D eigenvalue weighted by atomic mass is 10.5. The zero-order valence-corrected chi connectivity index (χ0v) is 7.78. The predicted molar refractivity (Wildman–Crippen MR) is 48.9 cm³/mol. The van der Waals surface area contributed by atoms with E-state index in [0.29, 0.717) is 0 Å². The van der Waals surface area contributed by atoms with Crippen LogP contribution in [0.5, 0.6) is 0 Å². The topological polar surface area (TPSA) is 78.8 Å². The van der Waals surface area contributed by atoms with Gasteiger partial charge in [-0.05, 0) is 12.1 Å². The molecule has 2 N–H and O–H groups in total. The third kappa shape index (κ3) is 1.73. The molecule has 5 nitrogen and oxygen atoms in total. The molecule has 0 bridgehead atoms. The third-order valence-electron chi connectivity index (χ3n) is 1.58. The smallest absolute Gasteiger partial charge is 0.156 e. The molecule has 0 aliphatic carbocycles. The summed E-state index contributed by atoms with van der Waals surface area (Å²) in [5, 5.41) is 3.93. The lowest BCUT2D eigenvalue weighted by molar-refractivity contribution is 0.686. The van der Waals surface area contributed by atoms with E-state index >= 15 is 0 Å². The number of hydrogen-bond acceptors (Lipinski definition) is 3. The Morgan fingerprint density at radius 1 is 1.54 bits per heavy atom. The summed E-state index contributed by atoms with van der Waals surface area (Å²) < 4.78 is 12.7. The molecule has 13 heavy (non-hydrogen) atoms. The fraction of sp³-hybridized carbons (Fsp3) is 0.143. The van der Waals surface area contributed by atoms with E-state index in [2.05, 4.69) is 10.1 Å². The molecule has 2 rings (SSSR count). The average molecular weight is 199 g/mol. The van der Waals surface area contributed by atoms with Gasteiger partial charge in [0.15, 0.2) is 5.65 Å². The first-order valence-corrected chi connectivity index (χ1v) is 4.96. The Bertz CT molecular complexity index is 440. The van der Waals surface area contributed by atoms with Crippen LogP contribution in [0.3, 0.4) is 0 Å². The molecule has 0 amide bonds. The second-order valence-electron chi connectivity index (χ2n) is 2.38. The van der Waals surface area contributed by atoms with Gasteiger partial charge in [-0.25, -0.2) is 9.50 Å². The molecule has 6 heteroatoms. The van der Waals surface area contributed by atoms with Crippen molar-refractivity contribution in [2.24, 2.45) is 0 Å². The van der Waals surface area contributed by atoms with Crippen LogP contribution in [-0.2, 0) is 10.8 Å². The Kier molecular flexibility index (Phi) is 2.74. The molecular weight excluding hydrogens is 190 g/mol. The van der Waals surface area contributed by atoms with Crippen molar-refractivity contribution in [3.63, 3.8) is 0 Å². The first-order chi connectivity index (χ1) is 5.77. The van der Waals surface area contributed by atoms with Crippen molar-refractivity contribution in [3.05, 3.63) is 24.7 Å². The van der Waals surface area contributed by atoms with E-state index in [-0.39, 0.29) is 5.48 Å². The molecule has 0 aromatic carbocycles. The molecule has 1 atom stereocenters. The molecule has 0 saturated carbocycles. The highest BCUT2D eigenvalue weighted by atomic mass is 32.2. The van der Waals surface area contributed by atoms with Gasteiger partial charge in [-0.3, -0.25) is 4.21 Å². The normalized spacial score (nSPS) is 12.4. The summed E-state index contributed by atoms with van der Waals surface area (Å²) in [5.41, 5.74) is 0.725. The maximum Gasteiger partial charge on any atom is 0.156 e. The van der Waals surface area contributed by atoms with Crippen LogP contribution in [0.1, 0.15) is 0 Å². The Labute approximate surface area is 77.2 Å². The summed E-state index contributed by atoms with van der Waals surface area (Å²) in [6.07, 6.45) is 4.86. The second kappa shape index (κ2) is 3.63. The van der Waals surface area contributed by atoms with Crippen LogP contribution in [-0.4, -0.2) is 30.5 Å². The van der Waals surface area contributed by atoms with Gasteiger partial charge in [-0.1, -0.05) is 0 Å². The molecule has 0 aliphatic rings. The summed E-state index contributed by atoms with van der Waals surface area (Å²) >= 11 is 0. The molecule has 1 unspecified atom stereocenters.